The van der Waals surface area contributed by atoms with E-state index in [0.717, 1.165) is 21.7 Å². The van der Waals surface area contributed by atoms with Crippen molar-refractivity contribution in [3.05, 3.63) is 21.7 Å². The van der Waals surface area contributed by atoms with Gasteiger partial charge in [-0.1, -0.05) is 0 Å². The molecular formula is C8H8BrN3S. The molecule has 2 aromatic rings. The highest BCUT2D eigenvalue weighted by Gasteiger charge is 2.04. The molecule has 0 fully saturated rings. The SMILES string of the molecule is CCn1cc(-c2csc(Br)n2)cn1. The summed E-state index contributed by atoms with van der Waals surface area (Å²) < 4.78 is 2.80. The maximum atomic E-state index is 4.31. The number of nitrogens with zero attached hydrogens (tertiary/aromatic N) is 3. The topological polar surface area (TPSA) is 30.7 Å². The van der Waals surface area contributed by atoms with Crippen LogP contribution in [0.4, 0.5) is 0 Å². The summed E-state index contributed by atoms with van der Waals surface area (Å²) in [4.78, 5) is 4.31. The van der Waals surface area contributed by atoms with Crippen molar-refractivity contribution in [3.8, 4) is 11.3 Å². The zero-order valence-electron chi connectivity index (χ0n) is 7.07. The van der Waals surface area contributed by atoms with E-state index >= 15 is 0 Å². The fourth-order valence-electron chi connectivity index (χ4n) is 1.05. The highest BCUT2D eigenvalue weighted by molar-refractivity contribution is 9.11. The van der Waals surface area contributed by atoms with E-state index in [-0.39, 0.29) is 0 Å². The predicted octanol–water partition coefficient (Wildman–Crippen LogP) is 2.79. The number of aromatic nitrogens is 3. The fourth-order valence-corrected chi connectivity index (χ4v) is 2.07. The lowest BCUT2D eigenvalue weighted by atomic mass is 10.3. The van der Waals surface area contributed by atoms with Crippen LogP contribution in [-0.4, -0.2) is 14.8 Å². The zero-order chi connectivity index (χ0) is 9.26. The first-order chi connectivity index (χ1) is 6.29. The first-order valence-electron chi connectivity index (χ1n) is 3.93. The average Bonchev–Trinajstić information content (AvgIpc) is 2.71. The summed E-state index contributed by atoms with van der Waals surface area (Å²) in [5.74, 6) is 0. The van der Waals surface area contributed by atoms with E-state index in [2.05, 4.69) is 32.9 Å². The Labute approximate surface area is 88.6 Å². The first-order valence-corrected chi connectivity index (χ1v) is 5.60. The van der Waals surface area contributed by atoms with E-state index in [9.17, 15) is 0 Å². The van der Waals surface area contributed by atoms with E-state index in [1.165, 1.54) is 0 Å². The lowest BCUT2D eigenvalue weighted by Crippen LogP contribution is -1.91. The third-order valence-electron chi connectivity index (χ3n) is 1.73. The van der Waals surface area contributed by atoms with Crippen LogP contribution in [0, 0.1) is 0 Å². The molecule has 68 valence electrons. The van der Waals surface area contributed by atoms with Gasteiger partial charge in [0, 0.05) is 23.7 Å². The molecule has 0 bridgehead atoms. The monoisotopic (exact) mass is 257 g/mol. The van der Waals surface area contributed by atoms with Crippen molar-refractivity contribution in [2.45, 2.75) is 13.5 Å². The van der Waals surface area contributed by atoms with Gasteiger partial charge < -0.3 is 0 Å². The molecule has 0 amide bonds. The molecule has 0 saturated carbocycles. The van der Waals surface area contributed by atoms with Crippen LogP contribution in [0.5, 0.6) is 0 Å². The Bertz CT molecular complexity index is 407. The number of hydrogen-bond donors (Lipinski definition) is 0. The molecule has 0 aromatic carbocycles. The Morgan fingerprint density at radius 3 is 3.00 bits per heavy atom. The quantitative estimate of drug-likeness (QED) is 0.829. The number of rotatable bonds is 2. The number of aryl methyl sites for hydroxylation is 1. The minimum Gasteiger partial charge on any atom is -0.272 e. The van der Waals surface area contributed by atoms with E-state index in [4.69, 9.17) is 0 Å². The number of halogens is 1. The van der Waals surface area contributed by atoms with Gasteiger partial charge in [0.1, 0.15) is 0 Å². The van der Waals surface area contributed by atoms with Crippen LogP contribution in [0.3, 0.4) is 0 Å². The summed E-state index contributed by atoms with van der Waals surface area (Å²) in [6, 6.07) is 0. The summed E-state index contributed by atoms with van der Waals surface area (Å²) in [6.45, 7) is 2.96. The summed E-state index contributed by atoms with van der Waals surface area (Å²) >= 11 is 4.92. The Morgan fingerprint density at radius 2 is 2.46 bits per heavy atom. The highest BCUT2D eigenvalue weighted by Crippen LogP contribution is 2.24. The Kier molecular flexibility index (Phi) is 2.46. The number of hydrogen-bond acceptors (Lipinski definition) is 3. The Hall–Kier alpha value is -0.680. The van der Waals surface area contributed by atoms with Crippen molar-refractivity contribution in [2.75, 3.05) is 0 Å². The van der Waals surface area contributed by atoms with Crippen LogP contribution in [0.15, 0.2) is 21.7 Å². The van der Waals surface area contributed by atoms with Gasteiger partial charge in [-0.2, -0.15) is 5.10 Å². The maximum Gasteiger partial charge on any atom is 0.159 e. The van der Waals surface area contributed by atoms with Gasteiger partial charge in [0.05, 0.1) is 11.9 Å². The second kappa shape index (κ2) is 3.59. The van der Waals surface area contributed by atoms with Crippen molar-refractivity contribution in [1.82, 2.24) is 14.8 Å². The van der Waals surface area contributed by atoms with Crippen molar-refractivity contribution in [3.63, 3.8) is 0 Å². The van der Waals surface area contributed by atoms with E-state index in [1.807, 2.05) is 22.5 Å². The third kappa shape index (κ3) is 1.81. The largest absolute Gasteiger partial charge is 0.272 e. The second-order valence-corrected chi connectivity index (χ2v) is 4.70. The van der Waals surface area contributed by atoms with Crippen LogP contribution in [-0.2, 0) is 6.54 Å². The number of thiazole rings is 1. The van der Waals surface area contributed by atoms with Gasteiger partial charge in [0.2, 0.25) is 0 Å². The zero-order valence-corrected chi connectivity index (χ0v) is 9.47. The molecule has 2 rings (SSSR count). The summed E-state index contributed by atoms with van der Waals surface area (Å²) in [5, 5.41) is 6.20. The maximum absolute atomic E-state index is 4.31. The van der Waals surface area contributed by atoms with Gasteiger partial charge >= 0.3 is 0 Å². The molecule has 13 heavy (non-hydrogen) atoms. The van der Waals surface area contributed by atoms with E-state index in [0.29, 0.717) is 0 Å². The molecule has 5 heteroatoms. The molecule has 0 aliphatic heterocycles. The van der Waals surface area contributed by atoms with Gasteiger partial charge in [-0.15, -0.1) is 11.3 Å². The average molecular weight is 258 g/mol. The van der Waals surface area contributed by atoms with Crippen LogP contribution in [0.25, 0.3) is 11.3 Å². The molecule has 2 heterocycles. The highest BCUT2D eigenvalue weighted by atomic mass is 79.9. The Morgan fingerprint density at radius 1 is 1.62 bits per heavy atom. The first kappa shape index (κ1) is 8.90. The molecule has 0 saturated heterocycles. The van der Waals surface area contributed by atoms with Gasteiger partial charge in [-0.3, -0.25) is 4.68 Å². The lowest BCUT2D eigenvalue weighted by molar-refractivity contribution is 0.660. The molecule has 0 spiro atoms. The fraction of sp³-hybridized carbons (Fsp3) is 0.250. The van der Waals surface area contributed by atoms with Gasteiger partial charge in [-0.05, 0) is 22.9 Å². The van der Waals surface area contributed by atoms with Crippen molar-refractivity contribution < 1.29 is 0 Å². The lowest BCUT2D eigenvalue weighted by Gasteiger charge is -1.90. The molecular weight excluding hydrogens is 250 g/mol. The van der Waals surface area contributed by atoms with Gasteiger partial charge in [0.25, 0.3) is 0 Å². The van der Waals surface area contributed by atoms with Crippen LogP contribution >= 0.6 is 27.3 Å². The molecule has 0 unspecified atom stereocenters. The smallest absolute Gasteiger partial charge is 0.159 e. The van der Waals surface area contributed by atoms with Crippen molar-refractivity contribution in [1.29, 1.82) is 0 Å². The molecule has 0 aliphatic carbocycles. The molecule has 0 aliphatic rings. The van der Waals surface area contributed by atoms with Crippen LogP contribution in [0.1, 0.15) is 6.92 Å². The minimum absolute atomic E-state index is 0.894. The molecule has 3 nitrogen and oxygen atoms in total. The minimum atomic E-state index is 0.894. The predicted molar refractivity (Wildman–Crippen MR) is 56.7 cm³/mol. The second-order valence-electron chi connectivity index (χ2n) is 2.57. The molecule has 0 radical (unpaired) electrons. The molecule has 0 N–H and O–H groups in total. The summed E-state index contributed by atoms with van der Waals surface area (Å²) in [5.41, 5.74) is 2.06. The van der Waals surface area contributed by atoms with Gasteiger partial charge in [-0.25, -0.2) is 4.98 Å². The normalized spacial score (nSPS) is 10.6. The molecule has 0 atom stereocenters. The van der Waals surface area contributed by atoms with Gasteiger partial charge in [0.15, 0.2) is 3.92 Å². The van der Waals surface area contributed by atoms with Crippen LogP contribution < -0.4 is 0 Å². The van der Waals surface area contributed by atoms with Crippen molar-refractivity contribution >= 4 is 27.3 Å². The van der Waals surface area contributed by atoms with E-state index < -0.39 is 0 Å². The summed E-state index contributed by atoms with van der Waals surface area (Å²) in [6.07, 6.45) is 3.84. The molecule has 2 aromatic heterocycles. The van der Waals surface area contributed by atoms with Crippen LogP contribution in [0.2, 0.25) is 0 Å². The Balaban J connectivity index is 2.35. The summed E-state index contributed by atoms with van der Waals surface area (Å²) in [7, 11) is 0. The standard InChI is InChI=1S/C8H8BrN3S/c1-2-12-4-6(3-10-12)7-5-13-8(9)11-7/h3-5H,2H2,1H3. The van der Waals surface area contributed by atoms with Crippen molar-refractivity contribution in [2.24, 2.45) is 0 Å². The third-order valence-corrected chi connectivity index (χ3v) is 3.09. The van der Waals surface area contributed by atoms with E-state index in [1.54, 1.807) is 11.3 Å².